The van der Waals surface area contributed by atoms with E-state index >= 15 is 0 Å². The van der Waals surface area contributed by atoms with Crippen molar-refractivity contribution in [3.05, 3.63) is 113 Å². The van der Waals surface area contributed by atoms with Gasteiger partial charge in [0.1, 0.15) is 17.3 Å². The number of amides is 2. The molecule has 0 aliphatic carbocycles. The van der Waals surface area contributed by atoms with Gasteiger partial charge in [-0.2, -0.15) is 0 Å². The highest BCUT2D eigenvalue weighted by atomic mass is 19.4. The van der Waals surface area contributed by atoms with Crippen molar-refractivity contribution in [3.63, 3.8) is 0 Å². The minimum Gasteiger partial charge on any atom is -0.484 e. The largest absolute Gasteiger partial charge is 0.573 e. The van der Waals surface area contributed by atoms with Crippen LogP contribution in [0.2, 0.25) is 0 Å². The van der Waals surface area contributed by atoms with Gasteiger partial charge in [-0.25, -0.2) is 4.98 Å². The molecule has 0 saturated carbocycles. The van der Waals surface area contributed by atoms with E-state index in [2.05, 4.69) is 15.0 Å². The fraction of sp³-hybridized carbons (Fsp3) is 0.179. The van der Waals surface area contributed by atoms with Gasteiger partial charge in [-0.15, -0.1) is 13.2 Å². The number of benzene rings is 3. The quantitative estimate of drug-likeness (QED) is 0.284. The number of primary amides is 1. The summed E-state index contributed by atoms with van der Waals surface area (Å²) in [5, 5.41) is 2.56. The molecule has 39 heavy (non-hydrogen) atoms. The van der Waals surface area contributed by atoms with Crippen molar-refractivity contribution >= 4 is 11.8 Å². The fourth-order valence-corrected chi connectivity index (χ4v) is 3.90. The van der Waals surface area contributed by atoms with Crippen LogP contribution in [-0.4, -0.2) is 29.8 Å². The highest BCUT2D eigenvalue weighted by molar-refractivity contribution is 5.91. The molecule has 4 aromatic rings. The Kier molecular flexibility index (Phi) is 8.50. The first-order valence-corrected chi connectivity index (χ1v) is 11.8. The third-order valence-electron chi connectivity index (χ3n) is 5.63. The van der Waals surface area contributed by atoms with Gasteiger partial charge < -0.3 is 24.9 Å². The van der Waals surface area contributed by atoms with Crippen molar-refractivity contribution in [2.45, 2.75) is 25.2 Å². The van der Waals surface area contributed by atoms with Gasteiger partial charge in [0.25, 0.3) is 11.8 Å². The van der Waals surface area contributed by atoms with Crippen LogP contribution >= 0.6 is 0 Å². The van der Waals surface area contributed by atoms with Gasteiger partial charge in [0.15, 0.2) is 12.3 Å². The van der Waals surface area contributed by atoms with E-state index in [1.807, 2.05) is 60.7 Å². The van der Waals surface area contributed by atoms with E-state index in [9.17, 15) is 22.8 Å². The summed E-state index contributed by atoms with van der Waals surface area (Å²) in [6, 6.07) is 24.1. The average molecular weight is 540 g/mol. The van der Waals surface area contributed by atoms with Gasteiger partial charge in [-0.3, -0.25) is 9.59 Å². The first kappa shape index (κ1) is 27.2. The van der Waals surface area contributed by atoms with Gasteiger partial charge in [0.05, 0.1) is 6.54 Å². The van der Waals surface area contributed by atoms with Crippen molar-refractivity contribution in [1.82, 2.24) is 10.3 Å². The lowest BCUT2D eigenvalue weighted by Crippen LogP contribution is -2.28. The summed E-state index contributed by atoms with van der Waals surface area (Å²) in [7, 11) is 0. The molecule has 0 aliphatic rings. The third-order valence-corrected chi connectivity index (χ3v) is 5.63. The predicted molar refractivity (Wildman–Crippen MR) is 134 cm³/mol. The topological polar surface area (TPSA) is 117 Å². The zero-order chi connectivity index (χ0) is 27.8. The first-order valence-electron chi connectivity index (χ1n) is 11.8. The van der Waals surface area contributed by atoms with Crippen LogP contribution in [0.1, 0.15) is 39.2 Å². The van der Waals surface area contributed by atoms with E-state index < -0.39 is 30.5 Å². The number of nitrogens with one attached hydrogen (secondary N) is 1. The first-order chi connectivity index (χ1) is 18.7. The summed E-state index contributed by atoms with van der Waals surface area (Å²) < 4.78 is 51.7. The molecule has 0 fully saturated rings. The Morgan fingerprint density at radius 3 is 2.00 bits per heavy atom. The molecule has 0 aliphatic heterocycles. The number of alkyl halides is 3. The number of nitrogens with zero attached hydrogens (tertiary/aromatic N) is 1. The molecule has 0 spiro atoms. The number of hydrogen-bond donors (Lipinski definition) is 2. The maximum atomic E-state index is 12.3. The zero-order valence-electron chi connectivity index (χ0n) is 20.5. The number of ether oxygens (including phenoxy) is 2. The minimum atomic E-state index is -4.81. The van der Waals surface area contributed by atoms with Gasteiger partial charge in [-0.05, 0) is 35.4 Å². The lowest BCUT2D eigenvalue weighted by molar-refractivity contribution is -0.274. The Morgan fingerprint density at radius 2 is 1.46 bits per heavy atom. The smallest absolute Gasteiger partial charge is 0.484 e. The minimum absolute atomic E-state index is 0.0199. The van der Waals surface area contributed by atoms with E-state index in [1.54, 1.807) is 0 Å². The third kappa shape index (κ3) is 7.84. The van der Waals surface area contributed by atoms with E-state index in [4.69, 9.17) is 14.9 Å². The molecule has 0 saturated heterocycles. The van der Waals surface area contributed by atoms with Gasteiger partial charge >= 0.3 is 6.36 Å². The van der Waals surface area contributed by atoms with Crippen molar-refractivity contribution in [2.24, 2.45) is 5.73 Å². The summed E-state index contributed by atoms with van der Waals surface area (Å²) in [6.45, 7) is -0.554. The van der Waals surface area contributed by atoms with Crippen molar-refractivity contribution < 1.29 is 36.7 Å². The molecule has 3 aromatic carbocycles. The molecular weight excluding hydrogens is 515 g/mol. The maximum Gasteiger partial charge on any atom is 0.573 e. The molecule has 1 heterocycles. The van der Waals surface area contributed by atoms with Crippen molar-refractivity contribution in [1.29, 1.82) is 0 Å². The normalized spacial score (nSPS) is 11.3. The Morgan fingerprint density at radius 1 is 0.897 bits per heavy atom. The Hall–Kier alpha value is -4.80. The average Bonchev–Trinajstić information content (AvgIpc) is 3.33. The molecule has 0 bridgehead atoms. The van der Waals surface area contributed by atoms with Crippen molar-refractivity contribution in [2.75, 3.05) is 6.61 Å². The number of hydrogen-bond acceptors (Lipinski definition) is 6. The van der Waals surface area contributed by atoms with E-state index in [1.165, 1.54) is 12.1 Å². The molecule has 8 nitrogen and oxygen atoms in total. The molecule has 4 rings (SSSR count). The lowest BCUT2D eigenvalue weighted by Gasteiger charge is -2.17. The molecular formula is C28H24F3N3O5. The summed E-state index contributed by atoms with van der Waals surface area (Å²) in [5.41, 5.74) is 7.56. The monoisotopic (exact) mass is 539 g/mol. The van der Waals surface area contributed by atoms with E-state index in [0.29, 0.717) is 12.2 Å². The van der Waals surface area contributed by atoms with Gasteiger partial charge in [0.2, 0.25) is 5.89 Å². The standard InChI is InChI=1S/C28H24F3N3O5/c29-28(30,31)39-21-13-11-20(12-14-21)37-17-24(35)33-16-25-34-26(27(32)36)23(38-25)15-22(18-7-3-1-4-8-18)19-9-5-2-6-10-19/h1-14,22H,15-17H2,(H2,32,36)(H,33,35). The van der Waals surface area contributed by atoms with Gasteiger partial charge in [-0.1, -0.05) is 60.7 Å². The summed E-state index contributed by atoms with van der Waals surface area (Å²) >= 11 is 0. The molecule has 202 valence electrons. The van der Waals surface area contributed by atoms with Crippen LogP contribution < -0.4 is 20.5 Å². The SMILES string of the molecule is NC(=O)c1nc(CNC(=O)COc2ccc(OC(F)(F)F)cc2)oc1CC(c1ccccc1)c1ccccc1. The number of nitrogens with two attached hydrogens (primary N) is 1. The molecule has 2 amide bonds. The molecule has 3 N–H and O–H groups in total. The number of aromatic nitrogens is 1. The zero-order valence-corrected chi connectivity index (χ0v) is 20.5. The summed E-state index contributed by atoms with van der Waals surface area (Å²) in [6.07, 6.45) is -4.50. The summed E-state index contributed by atoms with van der Waals surface area (Å²) in [5.74, 6) is -1.30. The van der Waals surface area contributed by atoms with E-state index in [0.717, 1.165) is 23.3 Å². The maximum absolute atomic E-state index is 12.3. The molecule has 11 heteroatoms. The number of halogens is 3. The molecule has 0 radical (unpaired) electrons. The highest BCUT2D eigenvalue weighted by Crippen LogP contribution is 2.30. The predicted octanol–water partition coefficient (Wildman–Crippen LogP) is 4.74. The Labute approximate surface area is 221 Å². The van der Waals surface area contributed by atoms with E-state index in [-0.39, 0.29) is 29.8 Å². The molecule has 0 unspecified atom stereocenters. The van der Waals surface area contributed by atoms with Gasteiger partial charge in [0, 0.05) is 12.3 Å². The number of rotatable bonds is 11. The van der Waals surface area contributed by atoms with Crippen LogP contribution in [0.3, 0.4) is 0 Å². The van der Waals surface area contributed by atoms with Crippen LogP contribution in [0.4, 0.5) is 13.2 Å². The van der Waals surface area contributed by atoms with Crippen LogP contribution in [0, 0.1) is 0 Å². The van der Waals surface area contributed by atoms with Crippen molar-refractivity contribution in [3.8, 4) is 11.5 Å². The summed E-state index contributed by atoms with van der Waals surface area (Å²) in [4.78, 5) is 28.5. The molecule has 0 atom stereocenters. The van der Waals surface area contributed by atoms with Crippen LogP contribution in [-0.2, 0) is 17.8 Å². The van der Waals surface area contributed by atoms with Crippen LogP contribution in [0.5, 0.6) is 11.5 Å². The Bertz CT molecular complexity index is 1350. The second-order valence-corrected chi connectivity index (χ2v) is 8.41. The van der Waals surface area contributed by atoms with Crippen LogP contribution in [0.25, 0.3) is 0 Å². The second-order valence-electron chi connectivity index (χ2n) is 8.41. The molecule has 1 aromatic heterocycles. The number of oxazole rings is 1. The fourth-order valence-electron chi connectivity index (χ4n) is 3.90. The van der Waals surface area contributed by atoms with Crippen LogP contribution in [0.15, 0.2) is 89.3 Å². The highest BCUT2D eigenvalue weighted by Gasteiger charge is 2.31. The number of carbonyl (C=O) groups excluding carboxylic acids is 2. The lowest BCUT2D eigenvalue weighted by atomic mass is 9.87. The number of carbonyl (C=O) groups is 2. The second kappa shape index (κ2) is 12.2. The Balaban J connectivity index is 1.39.